The summed E-state index contributed by atoms with van der Waals surface area (Å²) < 4.78 is 0. The average Bonchev–Trinajstić information content (AvgIpc) is 2.12. The van der Waals surface area contributed by atoms with Crippen molar-refractivity contribution in [2.75, 3.05) is 0 Å². The van der Waals surface area contributed by atoms with E-state index in [2.05, 4.69) is 5.32 Å². The molecule has 0 saturated heterocycles. The number of nitrogens with two attached hydrogens (primary N) is 1. The second kappa shape index (κ2) is 4.77. The number of nitrogens with one attached hydrogen (secondary N) is 1. The smallest absolute Gasteiger partial charge is 0.196 e. The molecule has 0 fully saturated rings. The first-order chi connectivity index (χ1) is 7.62. The number of carbonyl (C=O) groups excluding carboxylic acids is 1. The van der Waals surface area contributed by atoms with Gasteiger partial charge in [0.25, 0.3) is 0 Å². The predicted molar refractivity (Wildman–Crippen MR) is 71.3 cm³/mol. The number of rotatable bonds is 3. The van der Waals surface area contributed by atoms with Crippen LogP contribution in [0.4, 0.5) is 0 Å². The minimum atomic E-state index is -1.11. The summed E-state index contributed by atoms with van der Waals surface area (Å²) in [5.41, 5.74) is 5.19. The van der Waals surface area contributed by atoms with Gasteiger partial charge >= 0.3 is 0 Å². The third-order valence-electron chi connectivity index (χ3n) is 2.19. The van der Waals surface area contributed by atoms with E-state index < -0.39 is 5.66 Å². The van der Waals surface area contributed by atoms with E-state index in [1.54, 1.807) is 31.2 Å². The van der Waals surface area contributed by atoms with Crippen LogP contribution in [0, 0.1) is 0 Å². The normalized spacial score (nSPS) is 15.4. The molecule has 3 N–H and O–H groups in total. The Balaban J connectivity index is 2.96. The van der Waals surface area contributed by atoms with Crippen LogP contribution in [-0.2, 0) is 0 Å². The van der Waals surface area contributed by atoms with Crippen LogP contribution < -0.4 is 11.1 Å². The van der Waals surface area contributed by atoms with Gasteiger partial charge in [0.2, 0.25) is 0 Å². The minimum absolute atomic E-state index is 0.171. The zero-order chi connectivity index (χ0) is 13.3. The van der Waals surface area contributed by atoms with Gasteiger partial charge in [-0.3, -0.25) is 10.1 Å². The fourth-order valence-corrected chi connectivity index (χ4v) is 1.96. The van der Waals surface area contributed by atoms with Gasteiger partial charge in [0, 0.05) is 16.1 Å². The fraction of sp³-hybridized carbons (Fsp3) is 0.462. The first-order valence-corrected chi connectivity index (χ1v) is 5.88. The molecule has 1 atom stereocenters. The summed E-state index contributed by atoms with van der Waals surface area (Å²) in [5, 5.41) is 3.63. The van der Waals surface area contributed by atoms with E-state index in [1.807, 2.05) is 20.8 Å². The molecule has 0 spiro atoms. The van der Waals surface area contributed by atoms with E-state index >= 15 is 0 Å². The SMILES string of the molecule is CC(C)(C)NC(C)(N)C(=O)c1cccc(Cl)c1. The molecule has 0 aromatic heterocycles. The van der Waals surface area contributed by atoms with Gasteiger partial charge in [-0.25, -0.2) is 0 Å². The van der Waals surface area contributed by atoms with Crippen molar-refractivity contribution in [1.29, 1.82) is 0 Å². The van der Waals surface area contributed by atoms with Gasteiger partial charge < -0.3 is 5.73 Å². The summed E-state index contributed by atoms with van der Waals surface area (Å²) in [7, 11) is 0. The van der Waals surface area contributed by atoms with Crippen molar-refractivity contribution in [1.82, 2.24) is 5.32 Å². The third-order valence-corrected chi connectivity index (χ3v) is 2.43. The lowest BCUT2D eigenvalue weighted by molar-refractivity contribution is 0.0840. The summed E-state index contributed by atoms with van der Waals surface area (Å²) in [4.78, 5) is 12.3. The van der Waals surface area contributed by atoms with Gasteiger partial charge in [-0.05, 0) is 39.8 Å². The number of halogens is 1. The highest BCUT2D eigenvalue weighted by Gasteiger charge is 2.32. The van der Waals surface area contributed by atoms with Crippen LogP contribution in [0.25, 0.3) is 0 Å². The maximum absolute atomic E-state index is 12.3. The second-order valence-corrected chi connectivity index (χ2v) is 5.85. The summed E-state index contributed by atoms with van der Waals surface area (Å²) >= 11 is 5.86. The molecular formula is C13H19ClN2O. The van der Waals surface area contributed by atoms with Crippen LogP contribution in [0.2, 0.25) is 5.02 Å². The van der Waals surface area contributed by atoms with Gasteiger partial charge in [-0.15, -0.1) is 0 Å². The van der Waals surface area contributed by atoms with Gasteiger partial charge in [-0.2, -0.15) is 0 Å². The van der Waals surface area contributed by atoms with Gasteiger partial charge in [0.15, 0.2) is 5.78 Å². The van der Waals surface area contributed by atoms with Crippen LogP contribution in [-0.4, -0.2) is 17.0 Å². The molecule has 1 aromatic rings. The Labute approximate surface area is 107 Å². The van der Waals surface area contributed by atoms with Crippen LogP contribution in [0.15, 0.2) is 24.3 Å². The number of carbonyl (C=O) groups is 1. The maximum atomic E-state index is 12.3. The Morgan fingerprint density at radius 2 is 1.88 bits per heavy atom. The number of hydrogen-bond donors (Lipinski definition) is 2. The van der Waals surface area contributed by atoms with E-state index in [0.29, 0.717) is 10.6 Å². The Bertz CT molecular complexity index is 422. The minimum Gasteiger partial charge on any atom is -0.307 e. The van der Waals surface area contributed by atoms with Crippen LogP contribution in [0.5, 0.6) is 0 Å². The predicted octanol–water partition coefficient (Wildman–Crippen LogP) is 2.59. The standard InChI is InChI=1S/C13H19ClN2O/c1-12(2,3)16-13(4,15)11(17)9-6-5-7-10(14)8-9/h5-8,16H,15H2,1-4H3. The van der Waals surface area contributed by atoms with Gasteiger partial charge in [-0.1, -0.05) is 23.7 Å². The summed E-state index contributed by atoms with van der Waals surface area (Å²) in [6, 6.07) is 6.80. The first-order valence-electron chi connectivity index (χ1n) is 5.50. The molecule has 17 heavy (non-hydrogen) atoms. The van der Waals surface area contributed by atoms with Crippen molar-refractivity contribution in [3.63, 3.8) is 0 Å². The lowest BCUT2D eigenvalue weighted by atomic mass is 9.96. The van der Waals surface area contributed by atoms with Crippen molar-refractivity contribution in [2.45, 2.75) is 38.9 Å². The van der Waals surface area contributed by atoms with Gasteiger partial charge in [0.05, 0.1) is 0 Å². The maximum Gasteiger partial charge on any atom is 0.196 e. The Morgan fingerprint density at radius 1 is 1.29 bits per heavy atom. The lowest BCUT2D eigenvalue weighted by Gasteiger charge is -2.33. The average molecular weight is 255 g/mol. The molecule has 4 heteroatoms. The van der Waals surface area contributed by atoms with Gasteiger partial charge in [0.1, 0.15) is 5.66 Å². The van der Waals surface area contributed by atoms with Crippen molar-refractivity contribution in [3.8, 4) is 0 Å². The number of hydrogen-bond acceptors (Lipinski definition) is 3. The highest BCUT2D eigenvalue weighted by Crippen LogP contribution is 2.16. The zero-order valence-corrected chi connectivity index (χ0v) is 11.4. The first kappa shape index (κ1) is 14.2. The molecule has 94 valence electrons. The third kappa shape index (κ3) is 4.11. The molecular weight excluding hydrogens is 236 g/mol. The Kier molecular flexibility index (Phi) is 3.97. The summed E-state index contributed by atoms with van der Waals surface area (Å²) in [5.74, 6) is -0.171. The van der Waals surface area contributed by atoms with Crippen molar-refractivity contribution >= 4 is 17.4 Å². The quantitative estimate of drug-likeness (QED) is 0.644. The Morgan fingerprint density at radius 3 is 2.35 bits per heavy atom. The second-order valence-electron chi connectivity index (χ2n) is 5.42. The van der Waals surface area contributed by atoms with E-state index in [4.69, 9.17) is 17.3 Å². The van der Waals surface area contributed by atoms with Crippen molar-refractivity contribution in [3.05, 3.63) is 34.9 Å². The fourth-order valence-electron chi connectivity index (χ4n) is 1.77. The molecule has 0 aliphatic rings. The molecule has 0 heterocycles. The van der Waals surface area contributed by atoms with Crippen LogP contribution in [0.3, 0.4) is 0 Å². The zero-order valence-electron chi connectivity index (χ0n) is 10.7. The lowest BCUT2D eigenvalue weighted by Crippen LogP contribution is -2.62. The molecule has 0 aliphatic heterocycles. The molecule has 0 saturated carbocycles. The summed E-state index contributed by atoms with van der Waals surface area (Å²) in [6.07, 6.45) is 0. The highest BCUT2D eigenvalue weighted by molar-refractivity contribution is 6.31. The topological polar surface area (TPSA) is 55.1 Å². The van der Waals surface area contributed by atoms with E-state index in [-0.39, 0.29) is 11.3 Å². The van der Waals surface area contributed by atoms with Crippen LogP contribution in [0.1, 0.15) is 38.1 Å². The number of ketones is 1. The van der Waals surface area contributed by atoms with E-state index in [1.165, 1.54) is 0 Å². The number of Topliss-reactive ketones (excluding diaryl/α,β-unsaturated/α-hetero) is 1. The molecule has 0 radical (unpaired) electrons. The molecule has 0 aliphatic carbocycles. The van der Waals surface area contributed by atoms with Crippen molar-refractivity contribution < 1.29 is 4.79 Å². The Hall–Kier alpha value is -0.900. The molecule has 1 rings (SSSR count). The van der Waals surface area contributed by atoms with Crippen LogP contribution >= 0.6 is 11.6 Å². The highest BCUT2D eigenvalue weighted by atomic mass is 35.5. The number of benzene rings is 1. The summed E-state index contributed by atoms with van der Waals surface area (Å²) in [6.45, 7) is 7.55. The van der Waals surface area contributed by atoms with Crippen molar-refractivity contribution in [2.24, 2.45) is 5.73 Å². The molecule has 3 nitrogen and oxygen atoms in total. The molecule has 0 amide bonds. The van der Waals surface area contributed by atoms with E-state index in [0.717, 1.165) is 0 Å². The van der Waals surface area contributed by atoms with E-state index in [9.17, 15) is 4.79 Å². The largest absolute Gasteiger partial charge is 0.307 e. The molecule has 1 unspecified atom stereocenters. The monoisotopic (exact) mass is 254 g/mol. The molecule has 1 aromatic carbocycles. The molecule has 0 bridgehead atoms.